The molecule has 0 saturated carbocycles. The Morgan fingerprint density at radius 2 is 2.26 bits per heavy atom. The van der Waals surface area contributed by atoms with Gasteiger partial charge in [-0.2, -0.15) is 11.8 Å². The molecular weight excluding hydrogens is 284 g/mol. The minimum atomic E-state index is -0.999. The Labute approximate surface area is 122 Å². The van der Waals surface area contributed by atoms with E-state index in [1.54, 1.807) is 18.2 Å². The highest BCUT2D eigenvalue weighted by Crippen LogP contribution is 2.24. The lowest BCUT2D eigenvalue weighted by Crippen LogP contribution is -2.03. The summed E-state index contributed by atoms with van der Waals surface area (Å²) in [5, 5.41) is 9.77. The van der Waals surface area contributed by atoms with Crippen molar-refractivity contribution in [2.45, 2.75) is 19.1 Å². The van der Waals surface area contributed by atoms with Gasteiger partial charge in [-0.3, -0.25) is 0 Å². The molecule has 0 unspecified atom stereocenters. The van der Waals surface area contributed by atoms with Crippen molar-refractivity contribution in [1.82, 2.24) is 0 Å². The van der Waals surface area contributed by atoms with E-state index < -0.39 is 5.97 Å². The summed E-state index contributed by atoms with van der Waals surface area (Å²) in [6.45, 7) is 4.85. The van der Waals surface area contributed by atoms with E-state index in [1.165, 1.54) is 6.08 Å². The van der Waals surface area contributed by atoms with E-state index in [1.807, 2.05) is 11.8 Å². The number of halogens is 1. The van der Waals surface area contributed by atoms with Gasteiger partial charge in [-0.15, -0.1) is 0 Å². The molecule has 1 rings (SSSR count). The fourth-order valence-corrected chi connectivity index (χ4v) is 2.21. The molecule has 0 bridgehead atoms. The minimum absolute atomic E-state index is 0.550. The first kappa shape index (κ1) is 15.9. The van der Waals surface area contributed by atoms with Crippen LogP contribution in [0.1, 0.15) is 19.4 Å². The second-order valence-electron chi connectivity index (χ2n) is 4.12. The smallest absolute Gasteiger partial charge is 0.328 e. The third kappa shape index (κ3) is 6.55. The second kappa shape index (κ2) is 8.12. The maximum absolute atomic E-state index is 10.5. The van der Waals surface area contributed by atoms with Gasteiger partial charge < -0.3 is 9.84 Å². The first-order chi connectivity index (χ1) is 8.99. The molecule has 0 atom stereocenters. The van der Waals surface area contributed by atoms with Gasteiger partial charge in [-0.05, 0) is 29.5 Å². The molecule has 0 aliphatic carbocycles. The molecule has 0 spiro atoms. The SMILES string of the molecule is CC(C)SCCOc1ccc(Cl)cc1/C=C/C(=O)O. The fourth-order valence-electron chi connectivity index (χ4n) is 1.38. The van der Waals surface area contributed by atoms with Crippen molar-refractivity contribution in [2.75, 3.05) is 12.4 Å². The summed E-state index contributed by atoms with van der Waals surface area (Å²) in [5.74, 6) is 0.537. The van der Waals surface area contributed by atoms with Crippen molar-refractivity contribution in [3.63, 3.8) is 0 Å². The average molecular weight is 301 g/mol. The van der Waals surface area contributed by atoms with Crippen LogP contribution in [-0.4, -0.2) is 28.7 Å². The Morgan fingerprint density at radius 3 is 2.89 bits per heavy atom. The van der Waals surface area contributed by atoms with E-state index in [2.05, 4.69) is 13.8 Å². The molecule has 0 aromatic heterocycles. The molecule has 5 heteroatoms. The number of carboxylic acid groups (broad SMARTS) is 1. The van der Waals surface area contributed by atoms with Gasteiger partial charge in [0.05, 0.1) is 6.61 Å². The summed E-state index contributed by atoms with van der Waals surface area (Å²) in [7, 11) is 0. The molecule has 0 heterocycles. The number of hydrogen-bond donors (Lipinski definition) is 1. The zero-order chi connectivity index (χ0) is 14.3. The predicted octanol–water partition coefficient (Wildman–Crippen LogP) is 3.96. The molecule has 0 amide bonds. The van der Waals surface area contributed by atoms with Crippen LogP contribution in [0, 0.1) is 0 Å². The maximum Gasteiger partial charge on any atom is 0.328 e. The summed E-state index contributed by atoms with van der Waals surface area (Å²) < 4.78 is 5.65. The highest BCUT2D eigenvalue weighted by Gasteiger charge is 2.03. The normalized spacial score (nSPS) is 11.2. The van der Waals surface area contributed by atoms with Gasteiger partial charge in [0.2, 0.25) is 0 Å². The molecule has 0 fully saturated rings. The molecule has 0 saturated heterocycles. The van der Waals surface area contributed by atoms with Gasteiger partial charge in [0.25, 0.3) is 0 Å². The van der Waals surface area contributed by atoms with Crippen molar-refractivity contribution in [1.29, 1.82) is 0 Å². The zero-order valence-corrected chi connectivity index (χ0v) is 12.5. The highest BCUT2D eigenvalue weighted by molar-refractivity contribution is 7.99. The topological polar surface area (TPSA) is 46.5 Å². The lowest BCUT2D eigenvalue weighted by atomic mass is 10.2. The van der Waals surface area contributed by atoms with E-state index >= 15 is 0 Å². The van der Waals surface area contributed by atoms with Crippen molar-refractivity contribution in [2.24, 2.45) is 0 Å². The van der Waals surface area contributed by atoms with Crippen LogP contribution in [0.5, 0.6) is 5.75 Å². The van der Waals surface area contributed by atoms with Crippen LogP contribution in [-0.2, 0) is 4.79 Å². The van der Waals surface area contributed by atoms with Crippen molar-refractivity contribution < 1.29 is 14.6 Å². The van der Waals surface area contributed by atoms with Gasteiger partial charge in [-0.1, -0.05) is 25.4 Å². The van der Waals surface area contributed by atoms with E-state index in [9.17, 15) is 4.79 Å². The number of hydrogen-bond acceptors (Lipinski definition) is 3. The van der Waals surface area contributed by atoms with E-state index in [-0.39, 0.29) is 0 Å². The standard InChI is InChI=1S/C14H17ClO3S/c1-10(2)19-8-7-18-13-5-4-12(15)9-11(13)3-6-14(16)17/h3-6,9-10H,7-8H2,1-2H3,(H,16,17)/b6-3+. The third-order valence-electron chi connectivity index (χ3n) is 2.17. The van der Waals surface area contributed by atoms with Crippen LogP contribution in [0.3, 0.4) is 0 Å². The second-order valence-corrected chi connectivity index (χ2v) is 6.24. The van der Waals surface area contributed by atoms with Crippen LogP contribution in [0.25, 0.3) is 6.08 Å². The summed E-state index contributed by atoms with van der Waals surface area (Å²) in [6, 6.07) is 5.17. The number of ether oxygens (including phenoxy) is 1. The lowest BCUT2D eigenvalue weighted by Gasteiger charge is -2.10. The van der Waals surface area contributed by atoms with Crippen LogP contribution in [0.15, 0.2) is 24.3 Å². The summed E-state index contributed by atoms with van der Waals surface area (Å²) >= 11 is 7.71. The summed E-state index contributed by atoms with van der Waals surface area (Å²) in [6.07, 6.45) is 2.56. The number of benzene rings is 1. The number of rotatable bonds is 7. The molecule has 19 heavy (non-hydrogen) atoms. The zero-order valence-electron chi connectivity index (χ0n) is 10.9. The summed E-state index contributed by atoms with van der Waals surface area (Å²) in [5.41, 5.74) is 0.671. The predicted molar refractivity (Wildman–Crippen MR) is 81.2 cm³/mol. The van der Waals surface area contributed by atoms with Gasteiger partial charge >= 0.3 is 5.97 Å². The van der Waals surface area contributed by atoms with Gasteiger partial charge in [0, 0.05) is 22.4 Å². The Hall–Kier alpha value is -1.13. The highest BCUT2D eigenvalue weighted by atomic mass is 35.5. The molecule has 1 aromatic rings. The molecule has 104 valence electrons. The average Bonchev–Trinajstić information content (AvgIpc) is 2.33. The van der Waals surface area contributed by atoms with Crippen molar-refractivity contribution in [3.05, 3.63) is 34.9 Å². The Morgan fingerprint density at radius 1 is 1.53 bits per heavy atom. The maximum atomic E-state index is 10.5. The monoisotopic (exact) mass is 300 g/mol. The van der Waals surface area contributed by atoms with Crippen LogP contribution in [0.2, 0.25) is 5.02 Å². The van der Waals surface area contributed by atoms with E-state index in [0.29, 0.717) is 28.2 Å². The van der Waals surface area contributed by atoms with Crippen molar-refractivity contribution in [3.8, 4) is 5.75 Å². The number of carbonyl (C=O) groups is 1. The molecule has 1 N–H and O–H groups in total. The lowest BCUT2D eigenvalue weighted by molar-refractivity contribution is -0.131. The van der Waals surface area contributed by atoms with Gasteiger partial charge in [0.1, 0.15) is 5.75 Å². The molecule has 1 aromatic carbocycles. The van der Waals surface area contributed by atoms with Crippen LogP contribution in [0.4, 0.5) is 0 Å². The Balaban J connectivity index is 2.68. The molecule has 0 radical (unpaired) electrons. The first-order valence-electron chi connectivity index (χ1n) is 5.94. The molecule has 0 aliphatic rings. The quantitative estimate of drug-likeness (QED) is 0.611. The van der Waals surface area contributed by atoms with Gasteiger partial charge in [0.15, 0.2) is 0 Å². The number of thioether (sulfide) groups is 1. The van der Waals surface area contributed by atoms with Crippen molar-refractivity contribution >= 4 is 35.4 Å². The molecular formula is C14H17ClO3S. The fraction of sp³-hybridized carbons (Fsp3) is 0.357. The first-order valence-corrected chi connectivity index (χ1v) is 7.36. The molecule has 0 aliphatic heterocycles. The minimum Gasteiger partial charge on any atom is -0.492 e. The number of carboxylic acids is 1. The van der Waals surface area contributed by atoms with Crippen LogP contribution < -0.4 is 4.74 Å². The van der Waals surface area contributed by atoms with Gasteiger partial charge in [-0.25, -0.2) is 4.79 Å². The third-order valence-corrected chi connectivity index (χ3v) is 3.47. The van der Waals surface area contributed by atoms with E-state index in [4.69, 9.17) is 21.4 Å². The number of aliphatic carboxylic acids is 1. The largest absolute Gasteiger partial charge is 0.492 e. The van der Waals surface area contributed by atoms with E-state index in [0.717, 1.165) is 11.8 Å². The Kier molecular flexibility index (Phi) is 6.81. The Bertz CT molecular complexity index is 458. The molecule has 3 nitrogen and oxygen atoms in total. The summed E-state index contributed by atoms with van der Waals surface area (Å²) in [4.78, 5) is 10.5. The van der Waals surface area contributed by atoms with Crippen LogP contribution >= 0.6 is 23.4 Å².